The van der Waals surface area contributed by atoms with Gasteiger partial charge in [-0.15, -0.1) is 0 Å². The maximum Gasteiger partial charge on any atom is 0.334 e. The van der Waals surface area contributed by atoms with Gasteiger partial charge < -0.3 is 9.53 Å². The Morgan fingerprint density at radius 2 is 1.90 bits per heavy atom. The fourth-order valence-corrected chi connectivity index (χ4v) is 2.28. The first-order valence-corrected chi connectivity index (χ1v) is 7.58. The molecule has 0 bridgehead atoms. The van der Waals surface area contributed by atoms with Crippen LogP contribution in [0.1, 0.15) is 59.8 Å². The van der Waals surface area contributed by atoms with Crippen molar-refractivity contribution >= 4 is 11.8 Å². The highest BCUT2D eigenvalue weighted by molar-refractivity contribution is 5.90. The van der Waals surface area contributed by atoms with Crippen molar-refractivity contribution in [3.63, 3.8) is 0 Å². The number of allylic oxidation sites excluding steroid dienone is 4. The van der Waals surface area contributed by atoms with Crippen LogP contribution >= 0.6 is 0 Å². The Morgan fingerprint density at radius 1 is 1.19 bits per heavy atom. The molecule has 1 aliphatic rings. The lowest BCUT2D eigenvalue weighted by molar-refractivity contribution is -0.137. The van der Waals surface area contributed by atoms with E-state index < -0.39 is 0 Å². The molecule has 0 amide bonds. The maximum absolute atomic E-state index is 11.7. The van der Waals surface area contributed by atoms with Gasteiger partial charge in [0.25, 0.3) is 0 Å². The lowest BCUT2D eigenvalue weighted by Crippen LogP contribution is -2.02. The van der Waals surface area contributed by atoms with E-state index in [2.05, 4.69) is 13.0 Å². The highest BCUT2D eigenvalue weighted by atomic mass is 16.5. The summed E-state index contributed by atoms with van der Waals surface area (Å²) in [6.07, 6.45) is 9.85. The van der Waals surface area contributed by atoms with Gasteiger partial charge in [0.05, 0.1) is 0 Å². The van der Waals surface area contributed by atoms with Gasteiger partial charge in [0, 0.05) is 18.4 Å². The molecule has 1 aliphatic heterocycles. The normalized spacial score (nSPS) is 20.6. The maximum atomic E-state index is 11.7. The second kappa shape index (κ2) is 8.60. The first kappa shape index (κ1) is 17.4. The van der Waals surface area contributed by atoms with E-state index in [1.807, 2.05) is 26.0 Å². The number of hydrogen-bond donors (Lipinski definition) is 0. The van der Waals surface area contributed by atoms with Gasteiger partial charge in [-0.25, -0.2) is 4.79 Å². The minimum absolute atomic E-state index is 0.0963. The zero-order valence-electron chi connectivity index (χ0n) is 13.6. The monoisotopic (exact) mass is 290 g/mol. The first-order chi connectivity index (χ1) is 9.88. The average molecular weight is 290 g/mol. The molecule has 1 saturated heterocycles. The number of carbonyl (C=O) groups excluding carboxylic acids is 2. The van der Waals surface area contributed by atoms with Crippen molar-refractivity contribution in [2.24, 2.45) is 0 Å². The van der Waals surface area contributed by atoms with E-state index in [1.165, 1.54) is 11.1 Å². The number of Topliss-reactive ketones (excluding diaryl/α,β-unsaturated/α-hetero) is 1. The molecular weight excluding hydrogens is 264 g/mol. The molecule has 1 atom stereocenters. The Kier molecular flexibility index (Phi) is 7.13. The zero-order chi connectivity index (χ0) is 15.8. The Balaban J connectivity index is 2.41. The predicted octanol–water partition coefficient (Wildman–Crippen LogP) is 4.29. The van der Waals surface area contributed by atoms with E-state index in [1.54, 1.807) is 6.92 Å². The number of ketones is 1. The van der Waals surface area contributed by atoms with Gasteiger partial charge in [-0.2, -0.15) is 0 Å². The fourth-order valence-electron chi connectivity index (χ4n) is 2.28. The van der Waals surface area contributed by atoms with Crippen LogP contribution in [-0.4, -0.2) is 17.9 Å². The quantitative estimate of drug-likeness (QED) is 0.399. The fraction of sp³-hybridized carbons (Fsp3) is 0.556. The molecule has 0 aromatic heterocycles. The van der Waals surface area contributed by atoms with Crippen LogP contribution in [0.2, 0.25) is 0 Å². The third kappa shape index (κ3) is 7.07. The summed E-state index contributed by atoms with van der Waals surface area (Å²) in [5, 5.41) is 0. The van der Waals surface area contributed by atoms with Crippen molar-refractivity contribution in [3.8, 4) is 0 Å². The highest BCUT2D eigenvalue weighted by Gasteiger charge is 2.26. The minimum Gasteiger partial charge on any atom is -0.454 e. The Labute approximate surface area is 127 Å². The molecule has 0 aromatic carbocycles. The number of rotatable bonds is 7. The topological polar surface area (TPSA) is 43.4 Å². The number of cyclic esters (lactones) is 1. The van der Waals surface area contributed by atoms with E-state index in [0.717, 1.165) is 24.8 Å². The van der Waals surface area contributed by atoms with E-state index in [-0.39, 0.29) is 17.9 Å². The Hall–Kier alpha value is -1.64. The minimum atomic E-state index is -0.185. The molecule has 1 fully saturated rings. The predicted molar refractivity (Wildman–Crippen MR) is 84.9 cm³/mol. The van der Waals surface area contributed by atoms with Gasteiger partial charge in [-0.1, -0.05) is 23.3 Å². The van der Waals surface area contributed by atoms with Gasteiger partial charge in [0.2, 0.25) is 0 Å². The van der Waals surface area contributed by atoms with Crippen LogP contribution in [0.15, 0.2) is 34.9 Å². The smallest absolute Gasteiger partial charge is 0.334 e. The van der Waals surface area contributed by atoms with E-state index in [0.29, 0.717) is 12.8 Å². The van der Waals surface area contributed by atoms with E-state index in [9.17, 15) is 9.59 Å². The van der Waals surface area contributed by atoms with Crippen molar-refractivity contribution in [1.82, 2.24) is 0 Å². The molecule has 0 radical (unpaired) electrons. The second-order valence-corrected chi connectivity index (χ2v) is 5.95. The third-order valence-corrected chi connectivity index (χ3v) is 3.38. The van der Waals surface area contributed by atoms with Gasteiger partial charge in [0.15, 0.2) is 0 Å². The zero-order valence-corrected chi connectivity index (χ0v) is 13.6. The molecule has 0 unspecified atom stereocenters. The Morgan fingerprint density at radius 3 is 2.52 bits per heavy atom. The molecule has 116 valence electrons. The third-order valence-electron chi connectivity index (χ3n) is 3.38. The molecule has 1 heterocycles. The van der Waals surface area contributed by atoms with Gasteiger partial charge in [0.1, 0.15) is 11.9 Å². The average Bonchev–Trinajstić information content (AvgIpc) is 2.68. The first-order valence-electron chi connectivity index (χ1n) is 7.58. The summed E-state index contributed by atoms with van der Waals surface area (Å²) in [5.74, 6) is 0.0379. The van der Waals surface area contributed by atoms with Crippen LogP contribution in [0, 0.1) is 0 Å². The molecule has 0 aromatic rings. The van der Waals surface area contributed by atoms with Crippen molar-refractivity contribution in [3.05, 3.63) is 34.9 Å². The number of esters is 1. The molecule has 3 heteroatoms. The Bertz CT molecular complexity index is 477. The molecule has 1 rings (SSSR count). The summed E-state index contributed by atoms with van der Waals surface area (Å²) < 4.78 is 5.30. The van der Waals surface area contributed by atoms with Gasteiger partial charge in [-0.3, -0.25) is 0 Å². The van der Waals surface area contributed by atoms with Gasteiger partial charge >= 0.3 is 5.97 Å². The van der Waals surface area contributed by atoms with E-state index in [4.69, 9.17) is 4.74 Å². The van der Waals surface area contributed by atoms with Crippen LogP contribution < -0.4 is 0 Å². The molecular formula is C18H26O3. The van der Waals surface area contributed by atoms with Gasteiger partial charge in [-0.05, 0) is 53.0 Å². The summed E-state index contributed by atoms with van der Waals surface area (Å²) in [6, 6.07) is 0. The standard InChI is InChI=1S/C18H26O3/c1-13(2)11-17-12-16(18(20)21-17)10-6-8-14(3)7-5-9-15(4)19/h7,10-11,17H,5-6,8-9,12H2,1-4H3/b14-7+,16-10-/t17-/m0/s1. The molecule has 0 aliphatic carbocycles. The summed E-state index contributed by atoms with van der Waals surface area (Å²) in [6.45, 7) is 7.69. The number of carbonyl (C=O) groups is 2. The molecule has 3 nitrogen and oxygen atoms in total. The van der Waals surface area contributed by atoms with Crippen LogP contribution in [0.4, 0.5) is 0 Å². The van der Waals surface area contributed by atoms with Crippen molar-refractivity contribution in [1.29, 1.82) is 0 Å². The SMILES string of the molecule is CC(=O)CC/C=C(\C)CC/C=C1/C[C@H](C=C(C)C)OC1=O. The lowest BCUT2D eigenvalue weighted by atomic mass is 10.0. The largest absolute Gasteiger partial charge is 0.454 e. The molecule has 0 saturated carbocycles. The van der Waals surface area contributed by atoms with Crippen LogP contribution in [0.25, 0.3) is 0 Å². The number of hydrogen-bond acceptors (Lipinski definition) is 3. The van der Waals surface area contributed by atoms with Crippen molar-refractivity contribution in [2.75, 3.05) is 0 Å². The van der Waals surface area contributed by atoms with E-state index >= 15 is 0 Å². The van der Waals surface area contributed by atoms with Crippen LogP contribution in [-0.2, 0) is 14.3 Å². The highest BCUT2D eigenvalue weighted by Crippen LogP contribution is 2.23. The van der Waals surface area contributed by atoms with Crippen molar-refractivity contribution < 1.29 is 14.3 Å². The molecule has 0 spiro atoms. The number of ether oxygens (including phenoxy) is 1. The summed E-state index contributed by atoms with van der Waals surface area (Å²) in [5.41, 5.74) is 3.22. The van der Waals surface area contributed by atoms with Crippen LogP contribution in [0.3, 0.4) is 0 Å². The second-order valence-electron chi connectivity index (χ2n) is 5.95. The summed E-state index contributed by atoms with van der Waals surface area (Å²) >= 11 is 0. The van der Waals surface area contributed by atoms with Crippen LogP contribution in [0.5, 0.6) is 0 Å². The van der Waals surface area contributed by atoms with Crippen molar-refractivity contribution in [2.45, 2.75) is 65.9 Å². The summed E-state index contributed by atoms with van der Waals surface area (Å²) in [4.78, 5) is 22.6. The molecule has 0 N–H and O–H groups in total. The lowest BCUT2D eigenvalue weighted by Gasteiger charge is -2.01. The summed E-state index contributed by atoms with van der Waals surface area (Å²) in [7, 11) is 0. The molecule has 21 heavy (non-hydrogen) atoms.